The van der Waals surface area contributed by atoms with Crippen LogP contribution in [0.5, 0.6) is 5.75 Å². The SMILES string of the molecule is CN(C)CCCn1nc(-c2cc(C(C)(C)C)c(O)c(C(C)(C)C)c2)c2cccnc21. The lowest BCUT2D eigenvalue weighted by molar-refractivity contribution is 0.382. The Balaban J connectivity index is 2.20. The number of aromatic hydroxyl groups is 1. The van der Waals surface area contributed by atoms with E-state index in [0.717, 1.165) is 52.9 Å². The minimum Gasteiger partial charge on any atom is -0.507 e. The number of phenolic OH excluding ortho intramolecular Hbond substituents is 1. The van der Waals surface area contributed by atoms with Crippen LogP contribution in [-0.4, -0.2) is 45.4 Å². The van der Waals surface area contributed by atoms with Gasteiger partial charge in [0.15, 0.2) is 5.65 Å². The molecule has 0 bridgehead atoms. The van der Waals surface area contributed by atoms with Gasteiger partial charge in [0.1, 0.15) is 11.4 Å². The van der Waals surface area contributed by atoms with Crippen molar-refractivity contribution in [3.63, 3.8) is 0 Å². The summed E-state index contributed by atoms with van der Waals surface area (Å²) < 4.78 is 2.02. The molecule has 3 aromatic rings. The molecule has 2 heterocycles. The molecule has 162 valence electrons. The molecular weight excluding hydrogens is 372 g/mol. The van der Waals surface area contributed by atoms with Crippen molar-refractivity contribution in [2.24, 2.45) is 0 Å². The number of hydrogen-bond acceptors (Lipinski definition) is 4. The standard InChI is InChI=1S/C25H36N4O/c1-24(2,3)19-15-17(16-20(22(19)30)25(4,5)6)21-18-11-9-12-26-23(18)29(27-21)14-10-13-28(7)8/h9,11-12,15-16,30H,10,13-14H2,1-8H3. The summed E-state index contributed by atoms with van der Waals surface area (Å²) in [4.78, 5) is 6.81. The molecule has 5 heteroatoms. The fourth-order valence-corrected chi connectivity index (χ4v) is 3.83. The molecule has 0 fully saturated rings. The normalized spacial score (nSPS) is 12.8. The number of hydrogen-bond donors (Lipinski definition) is 1. The average Bonchev–Trinajstić information content (AvgIpc) is 2.99. The van der Waals surface area contributed by atoms with E-state index in [2.05, 4.69) is 83.7 Å². The Morgan fingerprint density at radius 3 is 2.13 bits per heavy atom. The zero-order valence-corrected chi connectivity index (χ0v) is 19.7. The van der Waals surface area contributed by atoms with Crippen molar-refractivity contribution in [1.82, 2.24) is 19.7 Å². The molecule has 3 rings (SSSR count). The van der Waals surface area contributed by atoms with Crippen LogP contribution in [0.2, 0.25) is 0 Å². The predicted octanol–water partition coefficient (Wildman–Crippen LogP) is 5.35. The molecule has 1 N–H and O–H groups in total. The summed E-state index contributed by atoms with van der Waals surface area (Å²) in [5.41, 5.74) is 4.42. The van der Waals surface area contributed by atoms with E-state index in [1.807, 2.05) is 16.9 Å². The van der Waals surface area contributed by atoms with Crippen molar-refractivity contribution in [3.05, 3.63) is 41.6 Å². The second-order valence-corrected chi connectivity index (χ2v) is 10.5. The highest BCUT2D eigenvalue weighted by atomic mass is 16.3. The third-order valence-corrected chi connectivity index (χ3v) is 5.48. The van der Waals surface area contributed by atoms with Crippen LogP contribution in [-0.2, 0) is 17.4 Å². The van der Waals surface area contributed by atoms with Gasteiger partial charge in [-0.1, -0.05) is 41.5 Å². The van der Waals surface area contributed by atoms with Gasteiger partial charge in [0.2, 0.25) is 0 Å². The van der Waals surface area contributed by atoms with E-state index >= 15 is 0 Å². The van der Waals surface area contributed by atoms with E-state index in [-0.39, 0.29) is 10.8 Å². The Bertz CT molecular complexity index is 1000. The van der Waals surface area contributed by atoms with Crippen LogP contribution in [0, 0.1) is 0 Å². The van der Waals surface area contributed by atoms with E-state index in [1.54, 1.807) is 0 Å². The second kappa shape index (κ2) is 8.03. The molecule has 0 amide bonds. The first kappa shape index (κ1) is 22.3. The van der Waals surface area contributed by atoms with Crippen molar-refractivity contribution in [3.8, 4) is 17.0 Å². The number of aryl methyl sites for hydroxylation is 1. The van der Waals surface area contributed by atoms with Gasteiger partial charge in [-0.05, 0) is 62.2 Å². The Morgan fingerprint density at radius 2 is 1.60 bits per heavy atom. The number of phenols is 1. The van der Waals surface area contributed by atoms with Crippen LogP contribution in [0.4, 0.5) is 0 Å². The molecule has 0 aliphatic rings. The highest BCUT2D eigenvalue weighted by Gasteiger charge is 2.28. The summed E-state index contributed by atoms with van der Waals surface area (Å²) in [6.07, 6.45) is 2.84. The third kappa shape index (κ3) is 4.51. The van der Waals surface area contributed by atoms with Crippen molar-refractivity contribution >= 4 is 11.0 Å². The molecule has 1 aromatic carbocycles. The lowest BCUT2D eigenvalue weighted by Gasteiger charge is -2.28. The van der Waals surface area contributed by atoms with Crippen LogP contribution in [0.25, 0.3) is 22.3 Å². The predicted molar refractivity (Wildman–Crippen MR) is 125 cm³/mol. The summed E-state index contributed by atoms with van der Waals surface area (Å²) in [6, 6.07) is 8.26. The molecule has 0 aliphatic carbocycles. The van der Waals surface area contributed by atoms with Crippen molar-refractivity contribution in [2.45, 2.75) is 65.3 Å². The van der Waals surface area contributed by atoms with Crippen LogP contribution in [0.3, 0.4) is 0 Å². The first-order valence-electron chi connectivity index (χ1n) is 10.7. The van der Waals surface area contributed by atoms with Gasteiger partial charge < -0.3 is 10.0 Å². The molecule has 0 unspecified atom stereocenters. The number of fused-ring (bicyclic) bond motifs is 1. The zero-order chi connectivity index (χ0) is 22.3. The molecule has 0 spiro atoms. The number of benzene rings is 1. The van der Waals surface area contributed by atoms with Gasteiger partial charge >= 0.3 is 0 Å². The number of nitrogens with zero attached hydrogens (tertiary/aromatic N) is 4. The highest BCUT2D eigenvalue weighted by Crippen LogP contribution is 2.42. The van der Waals surface area contributed by atoms with Gasteiger partial charge in [-0.3, -0.25) is 0 Å². The first-order chi connectivity index (χ1) is 13.9. The Labute approximate surface area is 180 Å². The van der Waals surface area contributed by atoms with Gasteiger partial charge in [0, 0.05) is 34.8 Å². The van der Waals surface area contributed by atoms with E-state index < -0.39 is 0 Å². The van der Waals surface area contributed by atoms with Crippen LogP contribution < -0.4 is 0 Å². The summed E-state index contributed by atoms with van der Waals surface area (Å²) in [5.74, 6) is 0.395. The quantitative estimate of drug-likeness (QED) is 0.618. The summed E-state index contributed by atoms with van der Waals surface area (Å²) in [5, 5.41) is 17.1. The van der Waals surface area contributed by atoms with Gasteiger partial charge in [0.05, 0.1) is 0 Å². The van der Waals surface area contributed by atoms with Gasteiger partial charge in [-0.25, -0.2) is 9.67 Å². The maximum absolute atomic E-state index is 11.1. The molecule has 0 atom stereocenters. The lowest BCUT2D eigenvalue weighted by atomic mass is 9.78. The number of aromatic nitrogens is 3. The molecule has 0 aliphatic heterocycles. The minimum atomic E-state index is -0.178. The highest BCUT2D eigenvalue weighted by molar-refractivity contribution is 5.91. The minimum absolute atomic E-state index is 0.178. The fourth-order valence-electron chi connectivity index (χ4n) is 3.83. The zero-order valence-electron chi connectivity index (χ0n) is 19.7. The van der Waals surface area contributed by atoms with Crippen LogP contribution in [0.1, 0.15) is 59.1 Å². The van der Waals surface area contributed by atoms with Crippen molar-refractivity contribution < 1.29 is 5.11 Å². The van der Waals surface area contributed by atoms with Crippen molar-refractivity contribution in [2.75, 3.05) is 20.6 Å². The maximum atomic E-state index is 11.1. The first-order valence-corrected chi connectivity index (χ1v) is 10.7. The smallest absolute Gasteiger partial charge is 0.158 e. The molecule has 30 heavy (non-hydrogen) atoms. The van der Waals surface area contributed by atoms with E-state index in [1.165, 1.54) is 0 Å². The molecular formula is C25H36N4O. The van der Waals surface area contributed by atoms with Crippen LogP contribution >= 0.6 is 0 Å². The van der Waals surface area contributed by atoms with E-state index in [0.29, 0.717) is 5.75 Å². The van der Waals surface area contributed by atoms with Crippen LogP contribution in [0.15, 0.2) is 30.5 Å². The number of rotatable bonds is 5. The molecule has 5 nitrogen and oxygen atoms in total. The largest absolute Gasteiger partial charge is 0.507 e. The van der Waals surface area contributed by atoms with E-state index in [4.69, 9.17) is 5.10 Å². The topological polar surface area (TPSA) is 54.2 Å². The number of pyridine rings is 1. The molecule has 0 saturated heterocycles. The average molecular weight is 409 g/mol. The fraction of sp³-hybridized carbons (Fsp3) is 0.520. The molecule has 0 radical (unpaired) electrons. The summed E-state index contributed by atoms with van der Waals surface area (Å²) in [7, 11) is 4.17. The van der Waals surface area contributed by atoms with E-state index in [9.17, 15) is 5.11 Å². The Hall–Kier alpha value is -2.40. The van der Waals surface area contributed by atoms with Gasteiger partial charge in [-0.15, -0.1) is 0 Å². The Kier molecular flexibility index (Phi) is 5.96. The summed E-state index contributed by atoms with van der Waals surface area (Å²) in [6.45, 7) is 14.6. The molecule has 0 saturated carbocycles. The maximum Gasteiger partial charge on any atom is 0.158 e. The third-order valence-electron chi connectivity index (χ3n) is 5.48. The summed E-state index contributed by atoms with van der Waals surface area (Å²) >= 11 is 0. The monoisotopic (exact) mass is 408 g/mol. The Morgan fingerprint density at radius 1 is 1.00 bits per heavy atom. The van der Waals surface area contributed by atoms with Gasteiger partial charge in [0.25, 0.3) is 0 Å². The van der Waals surface area contributed by atoms with Crippen molar-refractivity contribution in [1.29, 1.82) is 0 Å². The van der Waals surface area contributed by atoms with Gasteiger partial charge in [-0.2, -0.15) is 5.10 Å². The molecule has 2 aromatic heterocycles. The lowest BCUT2D eigenvalue weighted by Crippen LogP contribution is -2.17. The second-order valence-electron chi connectivity index (χ2n) is 10.5.